The first kappa shape index (κ1) is 11.1. The van der Waals surface area contributed by atoms with E-state index in [1.807, 2.05) is 0 Å². The molecule has 88 valence electrons. The fourth-order valence-corrected chi connectivity index (χ4v) is 2.14. The molecule has 1 aromatic heterocycles. The molecule has 0 radical (unpaired) electrons. The van der Waals surface area contributed by atoms with Gasteiger partial charge in [0.15, 0.2) is 11.5 Å². The van der Waals surface area contributed by atoms with E-state index in [0.29, 0.717) is 23.9 Å². The van der Waals surface area contributed by atoms with Gasteiger partial charge in [-0.3, -0.25) is 9.48 Å². The number of carbonyl (C=O) groups excluding carboxylic acids is 1. The van der Waals surface area contributed by atoms with Crippen LogP contribution in [0.1, 0.15) is 29.8 Å². The topological polar surface area (TPSA) is 56.2 Å². The predicted octanol–water partition coefficient (Wildman–Crippen LogP) is 0.753. The van der Waals surface area contributed by atoms with Gasteiger partial charge in [0.1, 0.15) is 5.69 Å². The quantitative estimate of drug-likeness (QED) is 0.765. The summed E-state index contributed by atoms with van der Waals surface area (Å²) in [5.41, 5.74) is 0.566. The van der Waals surface area contributed by atoms with E-state index in [0.717, 1.165) is 19.4 Å². The van der Waals surface area contributed by atoms with E-state index in [2.05, 4.69) is 10.4 Å². The van der Waals surface area contributed by atoms with Gasteiger partial charge in [-0.1, -0.05) is 0 Å². The Morgan fingerprint density at radius 3 is 3.19 bits per heavy atom. The lowest BCUT2D eigenvalue weighted by molar-refractivity contribution is 0.0959. The number of ether oxygens (including phenoxy) is 1. The third kappa shape index (κ3) is 2.09. The SMILES string of the molecule is COc1cnn(C)c1C(=O)CC1CCCN1. The van der Waals surface area contributed by atoms with E-state index in [4.69, 9.17) is 4.74 Å². The molecule has 0 saturated carbocycles. The molecular weight excluding hydrogens is 206 g/mol. The zero-order valence-electron chi connectivity index (χ0n) is 9.69. The van der Waals surface area contributed by atoms with E-state index in [1.54, 1.807) is 25.0 Å². The molecule has 1 aromatic rings. The van der Waals surface area contributed by atoms with Crippen molar-refractivity contribution in [2.75, 3.05) is 13.7 Å². The number of nitrogens with zero attached hydrogens (tertiary/aromatic N) is 2. The van der Waals surface area contributed by atoms with Gasteiger partial charge in [-0.05, 0) is 19.4 Å². The van der Waals surface area contributed by atoms with Gasteiger partial charge in [0.25, 0.3) is 0 Å². The fraction of sp³-hybridized carbons (Fsp3) is 0.636. The Morgan fingerprint density at radius 1 is 1.75 bits per heavy atom. The van der Waals surface area contributed by atoms with E-state index in [1.165, 1.54) is 0 Å². The van der Waals surface area contributed by atoms with Gasteiger partial charge in [-0.25, -0.2) is 0 Å². The highest BCUT2D eigenvalue weighted by Crippen LogP contribution is 2.20. The van der Waals surface area contributed by atoms with Crippen molar-refractivity contribution in [1.82, 2.24) is 15.1 Å². The number of hydrogen-bond donors (Lipinski definition) is 1. The maximum atomic E-state index is 12.1. The lowest BCUT2D eigenvalue weighted by Crippen LogP contribution is -2.25. The number of hydrogen-bond acceptors (Lipinski definition) is 4. The third-order valence-corrected chi connectivity index (χ3v) is 2.98. The lowest BCUT2D eigenvalue weighted by atomic mass is 10.1. The molecule has 1 fully saturated rings. The molecule has 1 N–H and O–H groups in total. The Balaban J connectivity index is 2.10. The third-order valence-electron chi connectivity index (χ3n) is 2.98. The molecule has 1 unspecified atom stereocenters. The summed E-state index contributed by atoms with van der Waals surface area (Å²) in [6.45, 7) is 1.01. The fourth-order valence-electron chi connectivity index (χ4n) is 2.14. The summed E-state index contributed by atoms with van der Waals surface area (Å²) in [5, 5.41) is 7.35. The Bertz CT molecular complexity index is 381. The molecule has 2 heterocycles. The molecule has 0 aliphatic carbocycles. The van der Waals surface area contributed by atoms with Crippen LogP contribution in [0.4, 0.5) is 0 Å². The monoisotopic (exact) mass is 223 g/mol. The minimum absolute atomic E-state index is 0.0938. The van der Waals surface area contributed by atoms with Gasteiger partial charge < -0.3 is 10.1 Å². The second-order valence-electron chi connectivity index (χ2n) is 4.11. The molecule has 0 spiro atoms. The Hall–Kier alpha value is -1.36. The number of carbonyl (C=O) groups is 1. The smallest absolute Gasteiger partial charge is 0.186 e. The van der Waals surface area contributed by atoms with Crippen molar-refractivity contribution >= 4 is 5.78 Å². The molecule has 5 nitrogen and oxygen atoms in total. The van der Waals surface area contributed by atoms with Crippen LogP contribution in [-0.2, 0) is 7.05 Å². The van der Waals surface area contributed by atoms with Crippen LogP contribution in [0.3, 0.4) is 0 Å². The first-order chi connectivity index (χ1) is 7.72. The van der Waals surface area contributed by atoms with Gasteiger partial charge in [0.05, 0.1) is 13.3 Å². The summed E-state index contributed by atoms with van der Waals surface area (Å²) < 4.78 is 6.71. The normalized spacial score (nSPS) is 20.0. The summed E-state index contributed by atoms with van der Waals surface area (Å²) in [6, 6.07) is 0.312. The van der Waals surface area contributed by atoms with Crippen LogP contribution in [0.25, 0.3) is 0 Å². The van der Waals surface area contributed by atoms with E-state index < -0.39 is 0 Å². The molecule has 0 amide bonds. The molecule has 1 atom stereocenters. The average molecular weight is 223 g/mol. The average Bonchev–Trinajstić information content (AvgIpc) is 2.87. The van der Waals surface area contributed by atoms with E-state index >= 15 is 0 Å². The highest BCUT2D eigenvalue weighted by atomic mass is 16.5. The maximum absolute atomic E-state index is 12.1. The summed E-state index contributed by atoms with van der Waals surface area (Å²) >= 11 is 0. The Labute approximate surface area is 94.8 Å². The lowest BCUT2D eigenvalue weighted by Gasteiger charge is -2.09. The summed E-state index contributed by atoms with van der Waals surface area (Å²) in [7, 11) is 3.32. The molecule has 0 bridgehead atoms. The molecule has 1 aliphatic rings. The largest absolute Gasteiger partial charge is 0.493 e. The van der Waals surface area contributed by atoms with Gasteiger partial charge in [-0.2, -0.15) is 5.10 Å². The van der Waals surface area contributed by atoms with Crippen molar-refractivity contribution in [3.05, 3.63) is 11.9 Å². The Kier molecular flexibility index (Phi) is 3.24. The van der Waals surface area contributed by atoms with Crippen molar-refractivity contribution in [1.29, 1.82) is 0 Å². The standard InChI is InChI=1S/C11H17N3O2/c1-14-11(10(16-2)7-13-14)9(15)6-8-4-3-5-12-8/h7-8,12H,3-6H2,1-2H3. The van der Waals surface area contributed by atoms with E-state index in [-0.39, 0.29) is 5.78 Å². The molecule has 0 aromatic carbocycles. The first-order valence-electron chi connectivity index (χ1n) is 5.55. The summed E-state index contributed by atoms with van der Waals surface area (Å²) in [4.78, 5) is 12.1. The van der Waals surface area contributed by atoms with Crippen molar-refractivity contribution < 1.29 is 9.53 Å². The highest BCUT2D eigenvalue weighted by Gasteiger charge is 2.23. The van der Waals surface area contributed by atoms with Crippen LogP contribution < -0.4 is 10.1 Å². The van der Waals surface area contributed by atoms with Crippen molar-refractivity contribution in [2.24, 2.45) is 7.05 Å². The minimum atomic E-state index is 0.0938. The summed E-state index contributed by atoms with van der Waals surface area (Å²) in [6.07, 6.45) is 4.33. The van der Waals surface area contributed by atoms with Crippen LogP contribution in [-0.4, -0.2) is 35.3 Å². The zero-order chi connectivity index (χ0) is 11.5. The molecule has 2 rings (SSSR count). The minimum Gasteiger partial charge on any atom is -0.493 e. The van der Waals surface area contributed by atoms with Crippen LogP contribution in [0.5, 0.6) is 5.75 Å². The number of aryl methyl sites for hydroxylation is 1. The predicted molar refractivity (Wildman–Crippen MR) is 59.7 cm³/mol. The number of ketones is 1. The molecular formula is C11H17N3O2. The number of nitrogens with one attached hydrogen (secondary N) is 1. The van der Waals surface area contributed by atoms with Crippen molar-refractivity contribution in [3.63, 3.8) is 0 Å². The molecule has 1 aliphatic heterocycles. The van der Waals surface area contributed by atoms with E-state index in [9.17, 15) is 4.79 Å². The maximum Gasteiger partial charge on any atom is 0.186 e. The highest BCUT2D eigenvalue weighted by molar-refractivity contribution is 5.97. The molecule has 16 heavy (non-hydrogen) atoms. The van der Waals surface area contributed by atoms with Crippen LogP contribution in [0.2, 0.25) is 0 Å². The van der Waals surface area contributed by atoms with Crippen molar-refractivity contribution in [2.45, 2.75) is 25.3 Å². The Morgan fingerprint density at radius 2 is 2.56 bits per heavy atom. The van der Waals surface area contributed by atoms with Gasteiger partial charge in [0.2, 0.25) is 0 Å². The van der Waals surface area contributed by atoms with Gasteiger partial charge in [-0.15, -0.1) is 0 Å². The zero-order valence-corrected chi connectivity index (χ0v) is 9.69. The number of methoxy groups -OCH3 is 1. The van der Waals surface area contributed by atoms with Crippen LogP contribution in [0.15, 0.2) is 6.20 Å². The van der Waals surface area contributed by atoms with Gasteiger partial charge in [0, 0.05) is 19.5 Å². The number of Topliss-reactive ketones (excluding diaryl/α,β-unsaturated/α-hetero) is 1. The first-order valence-corrected chi connectivity index (χ1v) is 5.55. The second kappa shape index (κ2) is 4.65. The van der Waals surface area contributed by atoms with Crippen molar-refractivity contribution in [3.8, 4) is 5.75 Å². The number of aromatic nitrogens is 2. The molecule has 1 saturated heterocycles. The van der Waals surface area contributed by atoms with Gasteiger partial charge >= 0.3 is 0 Å². The second-order valence-corrected chi connectivity index (χ2v) is 4.11. The molecule has 5 heteroatoms. The van der Waals surface area contributed by atoms with Crippen LogP contribution in [0, 0.1) is 0 Å². The summed E-state index contributed by atoms with van der Waals surface area (Å²) in [5.74, 6) is 0.654. The van der Waals surface area contributed by atoms with Crippen LogP contribution >= 0.6 is 0 Å². The number of rotatable bonds is 4.